The van der Waals surface area contributed by atoms with E-state index in [0.29, 0.717) is 12.2 Å². The Bertz CT molecular complexity index is 910. The Balaban J connectivity index is 2.19. The number of benzene rings is 1. The van der Waals surface area contributed by atoms with Crippen LogP contribution in [0.15, 0.2) is 28.8 Å². The summed E-state index contributed by atoms with van der Waals surface area (Å²) in [6, 6.07) is 8.56. The summed E-state index contributed by atoms with van der Waals surface area (Å²) in [5, 5.41) is 4.07. The number of esters is 1. The number of rotatable bonds is 13. The number of aryl methyl sites for hydroxylation is 3. The molecule has 34 heavy (non-hydrogen) atoms. The molecule has 0 radical (unpaired) electrons. The van der Waals surface area contributed by atoms with Crippen LogP contribution >= 0.6 is 7.28 Å². The van der Waals surface area contributed by atoms with Gasteiger partial charge in [-0.15, -0.1) is 0 Å². The van der Waals surface area contributed by atoms with Gasteiger partial charge < -0.3 is 0 Å². The Morgan fingerprint density at radius 1 is 1.03 bits per heavy atom. The summed E-state index contributed by atoms with van der Waals surface area (Å²) in [5.41, 5.74) is 0.656. The van der Waals surface area contributed by atoms with Crippen LogP contribution in [0.5, 0.6) is 0 Å². The third-order valence-corrected chi connectivity index (χ3v) is 8.92. The van der Waals surface area contributed by atoms with Crippen LogP contribution in [-0.4, -0.2) is 52.1 Å². The quantitative estimate of drug-likeness (QED) is 0.303. The number of hydrogen-bond donors (Lipinski definition) is 1. The third-order valence-electron chi connectivity index (χ3n) is 5.35. The molecule has 9 heteroatoms. The molecule has 1 aromatic heterocycles. The molecule has 0 spiro atoms. The van der Waals surface area contributed by atoms with Gasteiger partial charge in [0.2, 0.25) is 0 Å². The minimum absolute atomic E-state index is 0.0432. The second-order valence-electron chi connectivity index (χ2n) is 9.65. The van der Waals surface area contributed by atoms with Crippen molar-refractivity contribution in [2.45, 2.75) is 84.9 Å². The first kappa shape index (κ1) is 28.4. The molecular weight excluding hydrogens is 455 g/mol. The molecule has 1 unspecified atom stereocenters. The molecule has 0 aliphatic heterocycles. The summed E-state index contributed by atoms with van der Waals surface area (Å²) in [6.07, 6.45) is 3.52. The van der Waals surface area contributed by atoms with Gasteiger partial charge in [0.25, 0.3) is 0 Å². The number of carbonyl (C=O) groups excluding carboxylic acids is 1. The van der Waals surface area contributed by atoms with Crippen molar-refractivity contribution in [1.29, 1.82) is 0 Å². The average molecular weight is 497 g/mol. The molecule has 1 N–H and O–H groups in total. The molecule has 0 saturated heterocycles. The van der Waals surface area contributed by atoms with E-state index in [1.54, 1.807) is 34.6 Å². The van der Waals surface area contributed by atoms with Crippen molar-refractivity contribution >= 4 is 13.3 Å². The SMILES string of the molecule is CCCc1ccc(CCc2noc(CC(C(=O)OC(C)(C)C)P(C)(O)(OCC)OCC)n2)cc1. The van der Waals surface area contributed by atoms with Crippen LogP contribution in [0.4, 0.5) is 0 Å². The van der Waals surface area contributed by atoms with E-state index < -0.39 is 24.5 Å². The minimum atomic E-state index is -4.40. The molecule has 2 aromatic rings. The molecule has 1 heterocycles. The molecule has 0 saturated carbocycles. The van der Waals surface area contributed by atoms with E-state index in [2.05, 4.69) is 41.3 Å². The summed E-state index contributed by atoms with van der Waals surface area (Å²) in [4.78, 5) is 29.2. The van der Waals surface area contributed by atoms with E-state index in [1.165, 1.54) is 17.8 Å². The van der Waals surface area contributed by atoms with Crippen LogP contribution in [-0.2, 0) is 44.3 Å². The van der Waals surface area contributed by atoms with Crippen molar-refractivity contribution in [2.24, 2.45) is 0 Å². The number of nitrogens with zero attached hydrogens (tertiary/aromatic N) is 2. The van der Waals surface area contributed by atoms with Crippen LogP contribution in [0.25, 0.3) is 0 Å². The van der Waals surface area contributed by atoms with E-state index in [0.717, 1.165) is 19.3 Å². The van der Waals surface area contributed by atoms with Crippen molar-refractivity contribution in [3.05, 3.63) is 47.1 Å². The number of ether oxygens (including phenoxy) is 1. The van der Waals surface area contributed by atoms with Gasteiger partial charge in [0.1, 0.15) is 0 Å². The predicted octanol–water partition coefficient (Wildman–Crippen LogP) is 5.05. The second kappa shape index (κ2) is 11.7. The number of aromatic nitrogens is 2. The van der Waals surface area contributed by atoms with Gasteiger partial charge in [-0.05, 0) is 0 Å². The summed E-state index contributed by atoms with van der Waals surface area (Å²) in [6.45, 7) is 12.8. The molecule has 0 fully saturated rings. The summed E-state index contributed by atoms with van der Waals surface area (Å²) >= 11 is 0. The van der Waals surface area contributed by atoms with Gasteiger partial charge in [-0.1, -0.05) is 13.3 Å². The Labute approximate surface area is 203 Å². The van der Waals surface area contributed by atoms with Gasteiger partial charge in [0.15, 0.2) is 0 Å². The van der Waals surface area contributed by atoms with Gasteiger partial charge in [-0.25, -0.2) is 0 Å². The molecule has 2 rings (SSSR count). The van der Waals surface area contributed by atoms with E-state index in [1.807, 2.05) is 0 Å². The van der Waals surface area contributed by atoms with Crippen LogP contribution in [0.2, 0.25) is 0 Å². The molecule has 192 valence electrons. The summed E-state index contributed by atoms with van der Waals surface area (Å²) in [7, 11) is -4.40. The Morgan fingerprint density at radius 2 is 1.59 bits per heavy atom. The van der Waals surface area contributed by atoms with Gasteiger partial charge >= 0.3 is 190 Å². The fourth-order valence-electron chi connectivity index (χ4n) is 3.80. The molecule has 1 atom stereocenters. The summed E-state index contributed by atoms with van der Waals surface area (Å²) in [5.74, 6) is 0.148. The number of hydrogen-bond acceptors (Lipinski definition) is 8. The zero-order valence-corrected chi connectivity index (χ0v) is 22.6. The van der Waals surface area contributed by atoms with Crippen LogP contribution in [0.1, 0.15) is 70.8 Å². The first-order valence-corrected chi connectivity index (χ1v) is 14.6. The van der Waals surface area contributed by atoms with Crippen LogP contribution in [0, 0.1) is 0 Å². The maximum atomic E-state index is 13.2. The second-order valence-corrected chi connectivity index (χ2v) is 13.6. The van der Waals surface area contributed by atoms with E-state index in [9.17, 15) is 9.69 Å². The van der Waals surface area contributed by atoms with Crippen LogP contribution in [0.3, 0.4) is 0 Å². The molecule has 8 nitrogen and oxygen atoms in total. The van der Waals surface area contributed by atoms with E-state index >= 15 is 0 Å². The normalized spacial score (nSPS) is 14.4. The van der Waals surface area contributed by atoms with Gasteiger partial charge in [-0.3, -0.25) is 0 Å². The molecule has 0 aliphatic rings. The van der Waals surface area contributed by atoms with Crippen molar-refractivity contribution in [2.75, 3.05) is 19.9 Å². The van der Waals surface area contributed by atoms with Crippen molar-refractivity contribution in [1.82, 2.24) is 10.1 Å². The zero-order valence-electron chi connectivity index (χ0n) is 21.7. The average Bonchev–Trinajstić information content (AvgIpc) is 3.18. The van der Waals surface area contributed by atoms with E-state index in [4.69, 9.17) is 18.3 Å². The molecular formula is C25H41N2O6P. The summed E-state index contributed by atoms with van der Waals surface area (Å²) < 4.78 is 22.5. The predicted molar refractivity (Wildman–Crippen MR) is 134 cm³/mol. The molecule has 0 aliphatic carbocycles. The monoisotopic (exact) mass is 496 g/mol. The maximum absolute atomic E-state index is 13.2. The molecule has 0 bridgehead atoms. The van der Waals surface area contributed by atoms with Gasteiger partial charge in [0.05, 0.1) is 0 Å². The number of carbonyl (C=O) groups is 1. The Kier molecular flexibility index (Phi) is 9.78. The fourth-order valence-corrected chi connectivity index (χ4v) is 6.59. The van der Waals surface area contributed by atoms with Crippen LogP contribution < -0.4 is 0 Å². The van der Waals surface area contributed by atoms with E-state index in [-0.39, 0.29) is 25.5 Å². The molecule has 1 aromatic carbocycles. The van der Waals surface area contributed by atoms with Crippen molar-refractivity contribution < 1.29 is 28.0 Å². The Hall–Kier alpha value is -1.86. The molecule has 0 amide bonds. The van der Waals surface area contributed by atoms with Crippen molar-refractivity contribution in [3.63, 3.8) is 0 Å². The zero-order chi connectivity index (χ0) is 25.4. The first-order valence-electron chi connectivity index (χ1n) is 12.1. The standard InChI is InChI=1S/C25H41N2O6P/c1-8-11-19-12-14-20(15-13-19)16-17-22-26-23(33-27-22)18-21(24(28)32-25(4,5)6)34(7,29,30-9-2)31-10-3/h12-15,21,29H,8-11,16-18H2,1-7H3. The van der Waals surface area contributed by atoms with Crippen molar-refractivity contribution in [3.8, 4) is 0 Å². The van der Waals surface area contributed by atoms with Gasteiger partial charge in [-0.2, -0.15) is 0 Å². The fraction of sp³-hybridized carbons (Fsp3) is 0.640. The first-order chi connectivity index (χ1) is 15.9. The Morgan fingerprint density at radius 3 is 2.09 bits per heavy atom. The topological polar surface area (TPSA) is 104 Å². The van der Waals surface area contributed by atoms with Gasteiger partial charge in [0, 0.05) is 0 Å². The third kappa shape index (κ3) is 8.12.